The molecule has 1 amide bonds. The van der Waals surface area contributed by atoms with Crippen molar-refractivity contribution in [3.05, 3.63) is 47.5 Å². The van der Waals surface area contributed by atoms with Crippen LogP contribution in [0.3, 0.4) is 0 Å². The molecule has 2 rings (SSSR count). The van der Waals surface area contributed by atoms with E-state index in [1.807, 2.05) is 0 Å². The van der Waals surface area contributed by atoms with E-state index in [2.05, 4.69) is 15.9 Å². The van der Waals surface area contributed by atoms with E-state index in [0.29, 0.717) is 29.0 Å². The van der Waals surface area contributed by atoms with Gasteiger partial charge in [-0.3, -0.25) is 10.6 Å². The molecule has 12 nitrogen and oxygen atoms in total. The van der Waals surface area contributed by atoms with Gasteiger partial charge in [0.25, 0.3) is 0 Å². The van der Waals surface area contributed by atoms with Crippen LogP contribution >= 0.6 is 0 Å². The second-order valence-electron chi connectivity index (χ2n) is 5.34. The first-order chi connectivity index (χ1) is 13.8. The molecule has 0 unspecified atom stereocenters. The van der Waals surface area contributed by atoms with Crippen molar-refractivity contribution in [1.29, 1.82) is 5.53 Å². The number of nitrogens with two attached hydrogens (primary N) is 3. The highest BCUT2D eigenvalue weighted by Crippen LogP contribution is 2.22. The van der Waals surface area contributed by atoms with Crippen molar-refractivity contribution >= 4 is 41.1 Å². The molecular weight excluding hydrogens is 382 g/mol. The third-order valence-corrected chi connectivity index (χ3v) is 3.40. The van der Waals surface area contributed by atoms with Crippen molar-refractivity contribution in [3.8, 4) is 0 Å². The highest BCUT2D eigenvalue weighted by molar-refractivity contribution is 5.92. The summed E-state index contributed by atoms with van der Waals surface area (Å²) < 4.78 is 4.89. The van der Waals surface area contributed by atoms with Gasteiger partial charge in [-0.05, 0) is 36.4 Å². The summed E-state index contributed by atoms with van der Waals surface area (Å²) in [5.74, 6) is 3.64. The fourth-order valence-corrected chi connectivity index (χ4v) is 1.94. The minimum atomic E-state index is -1.06. The zero-order valence-corrected chi connectivity index (χ0v) is 15.2. The Kier molecular flexibility index (Phi) is 9.07. The summed E-state index contributed by atoms with van der Waals surface area (Å²) in [6.07, 6.45) is 0.535. The van der Waals surface area contributed by atoms with Crippen LogP contribution in [0.4, 0.5) is 22.7 Å². The van der Waals surface area contributed by atoms with Crippen molar-refractivity contribution in [2.75, 3.05) is 30.0 Å². The van der Waals surface area contributed by atoms with Crippen molar-refractivity contribution in [1.82, 2.24) is 5.32 Å². The number of carbonyl (C=O) groups is 3. The monoisotopic (exact) mass is 403 g/mol. The first kappa shape index (κ1) is 22.9. The Morgan fingerprint density at radius 1 is 1.14 bits per heavy atom. The molecule has 0 bridgehead atoms. The Morgan fingerprint density at radius 2 is 1.83 bits per heavy atom. The Bertz CT molecular complexity index is 888. The number of nitrogens with zero attached hydrogens (tertiary/aromatic N) is 1. The molecule has 0 radical (unpaired) electrons. The van der Waals surface area contributed by atoms with Crippen LogP contribution in [0.1, 0.15) is 20.7 Å². The molecule has 0 aliphatic heterocycles. The molecular formula is C17H21N7O5. The molecule has 10 N–H and O–H groups in total. The molecule has 2 aromatic rings. The average Bonchev–Trinajstić information content (AvgIpc) is 2.71. The highest BCUT2D eigenvalue weighted by Gasteiger charge is 2.09. The summed E-state index contributed by atoms with van der Waals surface area (Å²) in [4.78, 5) is 31.9. The second kappa shape index (κ2) is 11.5. The Labute approximate surface area is 165 Å². The van der Waals surface area contributed by atoms with Gasteiger partial charge in [-0.15, -0.1) is 0 Å². The third-order valence-electron chi connectivity index (χ3n) is 3.40. The van der Waals surface area contributed by atoms with Gasteiger partial charge in [-0.1, -0.05) is 0 Å². The highest BCUT2D eigenvalue weighted by atomic mass is 16.5. The number of hydrogen-bond donors (Lipinski definition) is 7. The lowest BCUT2D eigenvalue weighted by molar-refractivity contribution is -0.109. The number of esters is 1. The number of carboxylic acid groups (broad SMARTS) is 1. The summed E-state index contributed by atoms with van der Waals surface area (Å²) in [6, 6.07) is 8.62. The molecule has 154 valence electrons. The standard InChI is InChI=1S/C10H14N4O3.C7H7N3O2/c11-8-5-7(1-2-9(8)14-12)10(16)17-4-3-13-6-15;8-5-2-1-4(7(11)12)3-6(5)10-9/h1-2,5-6,14H,3-4,11-12H2,(H,13,15);1-3,9H,8H2,(H,11,12). The van der Waals surface area contributed by atoms with Gasteiger partial charge in [0.05, 0.1) is 34.7 Å². The topological polar surface area (TPSA) is 219 Å². The predicted octanol–water partition coefficient (Wildman–Crippen LogP) is 1.09. The number of rotatable bonds is 8. The Balaban J connectivity index is 0.000000308. The zero-order valence-electron chi connectivity index (χ0n) is 15.2. The minimum absolute atomic E-state index is 0.0789. The van der Waals surface area contributed by atoms with Gasteiger partial charge in [0.15, 0.2) is 0 Å². The molecule has 0 atom stereocenters. The lowest BCUT2D eigenvalue weighted by atomic mass is 10.2. The molecule has 0 fully saturated rings. The number of nitrogen functional groups attached to an aromatic ring is 3. The minimum Gasteiger partial charge on any atom is -0.478 e. The largest absolute Gasteiger partial charge is 0.478 e. The number of aromatic carboxylic acids is 1. The van der Waals surface area contributed by atoms with Crippen molar-refractivity contribution in [2.45, 2.75) is 0 Å². The maximum Gasteiger partial charge on any atom is 0.338 e. The van der Waals surface area contributed by atoms with Crippen LogP contribution in [0.15, 0.2) is 41.5 Å². The molecule has 0 saturated carbocycles. The van der Waals surface area contributed by atoms with E-state index < -0.39 is 11.9 Å². The summed E-state index contributed by atoms with van der Waals surface area (Å²) in [7, 11) is 0. The molecule has 0 saturated heterocycles. The lowest BCUT2D eigenvalue weighted by Crippen LogP contribution is -2.20. The van der Waals surface area contributed by atoms with E-state index in [4.69, 9.17) is 32.7 Å². The van der Waals surface area contributed by atoms with Crippen LogP contribution < -0.4 is 28.1 Å². The zero-order chi connectivity index (χ0) is 21.8. The second-order valence-corrected chi connectivity index (χ2v) is 5.34. The number of hydrogen-bond acceptors (Lipinski definition) is 10. The molecule has 12 heteroatoms. The number of carboxylic acids is 1. The van der Waals surface area contributed by atoms with Gasteiger partial charge in [0.2, 0.25) is 6.41 Å². The number of ether oxygens (including phenoxy) is 1. The van der Waals surface area contributed by atoms with Gasteiger partial charge >= 0.3 is 11.9 Å². The molecule has 0 spiro atoms. The van der Waals surface area contributed by atoms with E-state index in [9.17, 15) is 14.4 Å². The number of nitrogens with one attached hydrogen (secondary N) is 3. The average molecular weight is 403 g/mol. The van der Waals surface area contributed by atoms with Crippen LogP contribution in [-0.4, -0.2) is 36.6 Å². The Morgan fingerprint density at radius 3 is 2.38 bits per heavy atom. The van der Waals surface area contributed by atoms with Gasteiger partial charge in [0.1, 0.15) is 12.3 Å². The smallest absolute Gasteiger partial charge is 0.338 e. The molecule has 29 heavy (non-hydrogen) atoms. The van der Waals surface area contributed by atoms with Gasteiger partial charge in [-0.2, -0.15) is 5.11 Å². The number of anilines is 3. The van der Waals surface area contributed by atoms with Crippen LogP contribution in [-0.2, 0) is 9.53 Å². The summed E-state index contributed by atoms with van der Waals surface area (Å²) in [5.41, 5.74) is 21.9. The number of benzene rings is 2. The molecule has 0 aliphatic carbocycles. The summed E-state index contributed by atoms with van der Waals surface area (Å²) in [5, 5.41) is 14.0. The number of carbonyl (C=O) groups excluding carboxylic acids is 2. The normalized spacial score (nSPS) is 9.41. The Hall–Kier alpha value is -4.19. The van der Waals surface area contributed by atoms with E-state index in [-0.39, 0.29) is 24.4 Å². The molecule has 0 heterocycles. The van der Waals surface area contributed by atoms with Crippen molar-refractivity contribution < 1.29 is 24.2 Å². The fourth-order valence-electron chi connectivity index (χ4n) is 1.94. The van der Waals surface area contributed by atoms with E-state index in [0.717, 1.165) is 0 Å². The summed E-state index contributed by atoms with van der Waals surface area (Å²) in [6.45, 7) is 0.377. The number of hydrazine groups is 1. The lowest BCUT2D eigenvalue weighted by Gasteiger charge is -2.07. The maximum absolute atomic E-state index is 11.5. The van der Waals surface area contributed by atoms with E-state index in [1.54, 1.807) is 12.1 Å². The predicted molar refractivity (Wildman–Crippen MR) is 106 cm³/mol. The van der Waals surface area contributed by atoms with E-state index >= 15 is 0 Å². The fraction of sp³-hybridized carbons (Fsp3) is 0.118. The van der Waals surface area contributed by atoms with Crippen LogP contribution in [0.5, 0.6) is 0 Å². The SMILES string of the molecule is N=Nc1cc(C(=O)O)ccc1N.NNc1ccc(C(=O)OCCNC=O)cc1N. The first-order valence-electron chi connectivity index (χ1n) is 8.04. The van der Waals surface area contributed by atoms with Gasteiger partial charge in [0, 0.05) is 0 Å². The van der Waals surface area contributed by atoms with Crippen LogP contribution in [0.2, 0.25) is 0 Å². The van der Waals surface area contributed by atoms with Gasteiger partial charge < -0.3 is 32.1 Å². The summed E-state index contributed by atoms with van der Waals surface area (Å²) >= 11 is 0. The molecule has 0 aromatic heterocycles. The van der Waals surface area contributed by atoms with Crippen LogP contribution in [0.25, 0.3) is 0 Å². The van der Waals surface area contributed by atoms with E-state index in [1.165, 1.54) is 24.3 Å². The quantitative estimate of drug-likeness (QED) is 0.0636. The van der Waals surface area contributed by atoms with Crippen molar-refractivity contribution in [2.24, 2.45) is 11.0 Å². The molecule has 0 aliphatic rings. The third kappa shape index (κ3) is 7.15. The van der Waals surface area contributed by atoms with Crippen molar-refractivity contribution in [3.63, 3.8) is 0 Å². The first-order valence-corrected chi connectivity index (χ1v) is 8.04. The number of amides is 1. The maximum atomic E-state index is 11.5. The molecule has 2 aromatic carbocycles. The van der Waals surface area contributed by atoms with Gasteiger partial charge in [-0.25, -0.2) is 15.1 Å². The van der Waals surface area contributed by atoms with Crippen LogP contribution in [0, 0.1) is 5.53 Å².